The van der Waals surface area contributed by atoms with Gasteiger partial charge in [0.2, 0.25) is 0 Å². The summed E-state index contributed by atoms with van der Waals surface area (Å²) in [4.78, 5) is 26.5. The van der Waals surface area contributed by atoms with Crippen molar-refractivity contribution in [3.8, 4) is 0 Å². The van der Waals surface area contributed by atoms with Crippen LogP contribution in [0, 0.1) is 0 Å². The number of carbonyl (C=O) groups excluding carboxylic acids is 2. The van der Waals surface area contributed by atoms with Gasteiger partial charge >= 0.3 is 11.9 Å². The van der Waals surface area contributed by atoms with Crippen molar-refractivity contribution in [3.63, 3.8) is 0 Å². The van der Waals surface area contributed by atoms with Crippen LogP contribution in [-0.2, 0) is 22.7 Å². The standard InChI is InChI=1S/C28H22O4S/c29-27(31-19-21-7-3-1-4-8-21)23-11-15-25(16-12-23)33-26-17-13-24(14-18-26)28(30)32-20-22-9-5-2-6-10-22/h1-18H,19-20H2. The number of carbonyl (C=O) groups is 2. The molecule has 0 fully saturated rings. The first-order valence-electron chi connectivity index (χ1n) is 10.5. The van der Waals surface area contributed by atoms with Crippen molar-refractivity contribution >= 4 is 23.7 Å². The van der Waals surface area contributed by atoms with Crippen molar-refractivity contribution in [1.29, 1.82) is 0 Å². The maximum Gasteiger partial charge on any atom is 0.338 e. The minimum Gasteiger partial charge on any atom is -0.457 e. The average molecular weight is 455 g/mol. The number of benzene rings is 4. The van der Waals surface area contributed by atoms with E-state index in [1.165, 1.54) is 0 Å². The molecule has 164 valence electrons. The number of hydrogen-bond donors (Lipinski definition) is 0. The summed E-state index contributed by atoms with van der Waals surface area (Å²) in [5, 5.41) is 0. The fourth-order valence-electron chi connectivity index (χ4n) is 3.07. The van der Waals surface area contributed by atoms with Crippen LogP contribution in [-0.4, -0.2) is 11.9 Å². The molecule has 0 atom stereocenters. The summed E-state index contributed by atoms with van der Waals surface area (Å²) in [7, 11) is 0. The Morgan fingerprint density at radius 1 is 0.515 bits per heavy atom. The van der Waals surface area contributed by atoms with Gasteiger partial charge in [0.1, 0.15) is 13.2 Å². The van der Waals surface area contributed by atoms with Crippen molar-refractivity contribution in [2.75, 3.05) is 0 Å². The molecule has 0 radical (unpaired) electrons. The molecule has 4 aromatic carbocycles. The van der Waals surface area contributed by atoms with Gasteiger partial charge in [-0.2, -0.15) is 0 Å². The minimum atomic E-state index is -0.353. The van der Waals surface area contributed by atoms with Gasteiger partial charge < -0.3 is 9.47 Å². The highest BCUT2D eigenvalue weighted by molar-refractivity contribution is 7.99. The van der Waals surface area contributed by atoms with Crippen molar-refractivity contribution in [2.45, 2.75) is 23.0 Å². The Hall–Kier alpha value is -3.83. The van der Waals surface area contributed by atoms with Gasteiger partial charge in [0.15, 0.2) is 0 Å². The molecule has 0 aliphatic rings. The fourth-order valence-corrected chi connectivity index (χ4v) is 3.88. The van der Waals surface area contributed by atoms with Crippen LogP contribution in [0.2, 0.25) is 0 Å². The monoisotopic (exact) mass is 454 g/mol. The lowest BCUT2D eigenvalue weighted by atomic mass is 10.2. The molecular formula is C28H22O4S. The maximum atomic E-state index is 12.3. The van der Waals surface area contributed by atoms with Gasteiger partial charge in [0, 0.05) is 9.79 Å². The summed E-state index contributed by atoms with van der Waals surface area (Å²) in [6.07, 6.45) is 0. The van der Waals surface area contributed by atoms with Crippen LogP contribution in [0.1, 0.15) is 31.8 Å². The van der Waals surface area contributed by atoms with Crippen molar-refractivity contribution in [1.82, 2.24) is 0 Å². The highest BCUT2D eigenvalue weighted by Gasteiger charge is 2.10. The molecular weight excluding hydrogens is 432 g/mol. The zero-order valence-corrected chi connectivity index (χ0v) is 18.7. The van der Waals surface area contributed by atoms with E-state index in [1.54, 1.807) is 36.0 Å². The SMILES string of the molecule is O=C(OCc1ccccc1)c1ccc(Sc2ccc(C(=O)OCc3ccccc3)cc2)cc1. The predicted molar refractivity (Wildman–Crippen MR) is 128 cm³/mol. The molecule has 0 unspecified atom stereocenters. The molecule has 0 bridgehead atoms. The summed E-state index contributed by atoms with van der Waals surface area (Å²) in [6.45, 7) is 0.493. The molecule has 33 heavy (non-hydrogen) atoms. The normalized spacial score (nSPS) is 10.4. The predicted octanol–water partition coefficient (Wildman–Crippen LogP) is 6.55. The van der Waals surface area contributed by atoms with E-state index in [9.17, 15) is 9.59 Å². The summed E-state index contributed by atoms with van der Waals surface area (Å²) >= 11 is 1.54. The van der Waals surface area contributed by atoms with Crippen LogP contribution in [0.3, 0.4) is 0 Å². The van der Waals surface area contributed by atoms with Gasteiger partial charge in [-0.25, -0.2) is 9.59 Å². The van der Waals surface area contributed by atoms with Crippen LogP contribution in [0.15, 0.2) is 119 Å². The van der Waals surface area contributed by atoms with Crippen LogP contribution in [0.4, 0.5) is 0 Å². The third kappa shape index (κ3) is 6.57. The van der Waals surface area contributed by atoms with Crippen LogP contribution >= 0.6 is 11.8 Å². The summed E-state index contributed by atoms with van der Waals surface area (Å²) in [5.74, 6) is -0.706. The van der Waals surface area contributed by atoms with Crippen LogP contribution in [0.5, 0.6) is 0 Å². The van der Waals surface area contributed by atoms with E-state index < -0.39 is 0 Å². The quantitative estimate of drug-likeness (QED) is 0.283. The summed E-state index contributed by atoms with van der Waals surface area (Å²) < 4.78 is 10.7. The van der Waals surface area contributed by atoms with Gasteiger partial charge in [-0.3, -0.25) is 0 Å². The van der Waals surface area contributed by atoms with Crippen molar-refractivity contribution in [3.05, 3.63) is 131 Å². The van der Waals surface area contributed by atoms with E-state index >= 15 is 0 Å². The van der Waals surface area contributed by atoms with Gasteiger partial charge in [0.05, 0.1) is 11.1 Å². The maximum absolute atomic E-state index is 12.3. The van der Waals surface area contributed by atoms with Crippen molar-refractivity contribution in [2.24, 2.45) is 0 Å². The highest BCUT2D eigenvalue weighted by atomic mass is 32.2. The summed E-state index contributed by atoms with van der Waals surface area (Å²) in [5.41, 5.74) is 2.91. The van der Waals surface area contributed by atoms with Gasteiger partial charge in [-0.05, 0) is 59.7 Å². The molecule has 4 rings (SSSR count). The molecule has 0 saturated carbocycles. The Labute approximate surface area is 197 Å². The molecule has 0 saturated heterocycles. The number of rotatable bonds is 8. The topological polar surface area (TPSA) is 52.6 Å². The Bertz CT molecular complexity index is 1090. The zero-order chi connectivity index (χ0) is 22.9. The van der Waals surface area contributed by atoms with E-state index in [0.717, 1.165) is 20.9 Å². The van der Waals surface area contributed by atoms with E-state index in [0.29, 0.717) is 11.1 Å². The van der Waals surface area contributed by atoms with Crippen LogP contribution in [0.25, 0.3) is 0 Å². The lowest BCUT2D eigenvalue weighted by molar-refractivity contribution is 0.0464. The van der Waals surface area contributed by atoms with E-state index in [-0.39, 0.29) is 25.2 Å². The second-order valence-electron chi connectivity index (χ2n) is 7.27. The molecule has 0 aromatic heterocycles. The largest absolute Gasteiger partial charge is 0.457 e. The first-order chi connectivity index (χ1) is 16.2. The molecule has 0 spiro atoms. The van der Waals surface area contributed by atoms with Crippen molar-refractivity contribution < 1.29 is 19.1 Å². The molecule has 0 aliphatic carbocycles. The Kier molecular flexibility index (Phi) is 7.56. The molecule has 5 heteroatoms. The van der Waals surface area contributed by atoms with E-state index in [1.807, 2.05) is 84.9 Å². The van der Waals surface area contributed by atoms with Crippen LogP contribution < -0.4 is 0 Å². The molecule has 0 N–H and O–H groups in total. The molecule has 0 amide bonds. The molecule has 4 nitrogen and oxygen atoms in total. The smallest absolute Gasteiger partial charge is 0.338 e. The second-order valence-corrected chi connectivity index (χ2v) is 8.42. The van der Waals surface area contributed by atoms with E-state index in [2.05, 4.69) is 0 Å². The first-order valence-corrected chi connectivity index (χ1v) is 11.3. The lowest BCUT2D eigenvalue weighted by Crippen LogP contribution is -2.05. The third-order valence-corrected chi connectivity index (χ3v) is 5.86. The van der Waals surface area contributed by atoms with E-state index in [4.69, 9.17) is 9.47 Å². The first kappa shape index (κ1) is 22.4. The number of esters is 2. The highest BCUT2D eigenvalue weighted by Crippen LogP contribution is 2.28. The minimum absolute atomic E-state index is 0.246. The number of hydrogen-bond acceptors (Lipinski definition) is 5. The average Bonchev–Trinajstić information content (AvgIpc) is 2.88. The second kappa shape index (κ2) is 11.2. The van der Waals surface area contributed by atoms with Gasteiger partial charge in [-0.1, -0.05) is 72.4 Å². The van der Waals surface area contributed by atoms with Gasteiger partial charge in [0.25, 0.3) is 0 Å². The third-order valence-electron chi connectivity index (χ3n) is 4.84. The number of ether oxygens (including phenoxy) is 2. The molecule has 0 aliphatic heterocycles. The zero-order valence-electron chi connectivity index (χ0n) is 17.8. The molecule has 0 heterocycles. The molecule has 4 aromatic rings. The Morgan fingerprint density at radius 2 is 0.879 bits per heavy atom. The fraction of sp³-hybridized carbons (Fsp3) is 0.0714. The van der Waals surface area contributed by atoms with Gasteiger partial charge in [-0.15, -0.1) is 0 Å². The Balaban J connectivity index is 1.28. The summed E-state index contributed by atoms with van der Waals surface area (Å²) in [6, 6.07) is 33.7. The Morgan fingerprint density at radius 3 is 1.24 bits per heavy atom. The lowest BCUT2D eigenvalue weighted by Gasteiger charge is -2.07.